The highest BCUT2D eigenvalue weighted by Gasteiger charge is 2.12. The SMILES string of the molecule is CC(=O)Nc1ccc(NC(=O)c2cc(NC(C)(C)C)ccn2)cc1. The van der Waals surface area contributed by atoms with Gasteiger partial charge in [-0.25, -0.2) is 0 Å². The summed E-state index contributed by atoms with van der Waals surface area (Å²) in [6.07, 6.45) is 1.60. The summed E-state index contributed by atoms with van der Waals surface area (Å²) in [5, 5.41) is 8.77. The predicted octanol–water partition coefficient (Wildman–Crippen LogP) is 3.50. The van der Waals surface area contributed by atoms with Crippen LogP contribution in [-0.2, 0) is 4.79 Å². The van der Waals surface area contributed by atoms with E-state index in [1.165, 1.54) is 6.92 Å². The molecular weight excluding hydrogens is 304 g/mol. The molecule has 0 bridgehead atoms. The third kappa shape index (κ3) is 5.39. The third-order valence-electron chi connectivity index (χ3n) is 2.98. The van der Waals surface area contributed by atoms with Gasteiger partial charge in [0, 0.05) is 35.7 Å². The number of hydrogen-bond donors (Lipinski definition) is 3. The molecule has 6 nitrogen and oxygen atoms in total. The number of hydrogen-bond acceptors (Lipinski definition) is 4. The monoisotopic (exact) mass is 326 g/mol. The van der Waals surface area contributed by atoms with Crippen molar-refractivity contribution < 1.29 is 9.59 Å². The van der Waals surface area contributed by atoms with E-state index >= 15 is 0 Å². The smallest absolute Gasteiger partial charge is 0.274 e. The van der Waals surface area contributed by atoms with Crippen molar-refractivity contribution in [3.8, 4) is 0 Å². The van der Waals surface area contributed by atoms with Gasteiger partial charge in [0.05, 0.1) is 0 Å². The van der Waals surface area contributed by atoms with Crippen molar-refractivity contribution in [3.63, 3.8) is 0 Å². The van der Waals surface area contributed by atoms with Crippen molar-refractivity contribution >= 4 is 28.9 Å². The lowest BCUT2D eigenvalue weighted by atomic mass is 10.1. The summed E-state index contributed by atoms with van der Waals surface area (Å²) in [6, 6.07) is 10.4. The molecule has 1 heterocycles. The molecule has 0 aliphatic heterocycles. The molecule has 6 heteroatoms. The molecule has 2 rings (SSSR count). The fourth-order valence-corrected chi connectivity index (χ4v) is 2.10. The maximum Gasteiger partial charge on any atom is 0.274 e. The highest BCUT2D eigenvalue weighted by Crippen LogP contribution is 2.17. The van der Waals surface area contributed by atoms with Crippen LogP contribution in [0, 0.1) is 0 Å². The van der Waals surface area contributed by atoms with Crippen LogP contribution in [-0.4, -0.2) is 22.3 Å². The van der Waals surface area contributed by atoms with Gasteiger partial charge in [0.15, 0.2) is 0 Å². The standard InChI is InChI=1S/C18H22N4O2/c1-12(23)20-13-5-7-14(8-6-13)21-17(24)16-11-15(9-10-19-16)22-18(2,3)4/h5-11H,1-4H3,(H,19,22)(H,20,23)(H,21,24). The van der Waals surface area contributed by atoms with Crippen molar-refractivity contribution in [2.45, 2.75) is 33.2 Å². The third-order valence-corrected chi connectivity index (χ3v) is 2.98. The maximum atomic E-state index is 12.3. The average Bonchev–Trinajstić information content (AvgIpc) is 2.47. The molecule has 2 amide bonds. The molecule has 0 aliphatic rings. The van der Waals surface area contributed by atoms with Gasteiger partial charge >= 0.3 is 0 Å². The summed E-state index contributed by atoms with van der Waals surface area (Å²) in [6.45, 7) is 7.58. The summed E-state index contributed by atoms with van der Waals surface area (Å²) >= 11 is 0. The van der Waals surface area contributed by atoms with Crippen LogP contribution in [0.15, 0.2) is 42.6 Å². The number of anilines is 3. The Morgan fingerprint density at radius 3 is 2.04 bits per heavy atom. The average molecular weight is 326 g/mol. The number of nitrogens with one attached hydrogen (secondary N) is 3. The Balaban J connectivity index is 2.07. The topological polar surface area (TPSA) is 83.1 Å². The Labute approximate surface area is 141 Å². The van der Waals surface area contributed by atoms with Crippen molar-refractivity contribution in [1.29, 1.82) is 0 Å². The zero-order valence-corrected chi connectivity index (χ0v) is 14.3. The molecule has 1 aromatic heterocycles. The van der Waals surface area contributed by atoms with E-state index in [0.29, 0.717) is 17.1 Å². The Kier molecular flexibility index (Phi) is 5.18. The van der Waals surface area contributed by atoms with Crippen LogP contribution in [0.4, 0.5) is 17.1 Å². The van der Waals surface area contributed by atoms with E-state index in [-0.39, 0.29) is 17.4 Å². The number of amides is 2. The highest BCUT2D eigenvalue weighted by molar-refractivity contribution is 6.03. The fraction of sp³-hybridized carbons (Fsp3) is 0.278. The minimum absolute atomic E-state index is 0.103. The lowest BCUT2D eigenvalue weighted by molar-refractivity contribution is -0.114. The van der Waals surface area contributed by atoms with Gasteiger partial charge in [-0.3, -0.25) is 14.6 Å². The van der Waals surface area contributed by atoms with Crippen molar-refractivity contribution in [2.75, 3.05) is 16.0 Å². The van der Waals surface area contributed by atoms with Crippen LogP contribution in [0.3, 0.4) is 0 Å². The number of rotatable bonds is 4. The van der Waals surface area contributed by atoms with Gasteiger partial charge < -0.3 is 16.0 Å². The second kappa shape index (κ2) is 7.12. The summed E-state index contributed by atoms with van der Waals surface area (Å²) < 4.78 is 0. The van der Waals surface area contributed by atoms with Crippen LogP contribution < -0.4 is 16.0 Å². The number of carbonyl (C=O) groups excluding carboxylic acids is 2. The molecule has 24 heavy (non-hydrogen) atoms. The Hall–Kier alpha value is -2.89. The first-order chi connectivity index (χ1) is 11.2. The van der Waals surface area contributed by atoms with E-state index < -0.39 is 0 Å². The zero-order chi connectivity index (χ0) is 17.7. The number of pyridine rings is 1. The van der Waals surface area contributed by atoms with E-state index in [9.17, 15) is 9.59 Å². The molecule has 0 saturated heterocycles. The first kappa shape index (κ1) is 17.5. The molecule has 0 fully saturated rings. The van der Waals surface area contributed by atoms with Gasteiger partial charge in [-0.15, -0.1) is 0 Å². The summed E-state index contributed by atoms with van der Waals surface area (Å²) in [5.74, 6) is -0.431. The van der Waals surface area contributed by atoms with Crippen LogP contribution in [0.2, 0.25) is 0 Å². The second-order valence-corrected chi connectivity index (χ2v) is 6.52. The summed E-state index contributed by atoms with van der Waals surface area (Å²) in [5.41, 5.74) is 2.37. The first-order valence-corrected chi connectivity index (χ1v) is 7.66. The Morgan fingerprint density at radius 2 is 1.50 bits per heavy atom. The summed E-state index contributed by atoms with van der Waals surface area (Å²) in [7, 11) is 0. The number of benzene rings is 1. The normalized spacial score (nSPS) is 10.8. The molecule has 126 valence electrons. The molecule has 2 aromatic rings. The molecule has 0 spiro atoms. The van der Waals surface area contributed by atoms with Crippen LogP contribution >= 0.6 is 0 Å². The van der Waals surface area contributed by atoms with Crippen LogP contribution in [0.25, 0.3) is 0 Å². The second-order valence-electron chi connectivity index (χ2n) is 6.52. The molecule has 0 radical (unpaired) electrons. The van der Waals surface area contributed by atoms with Gasteiger partial charge in [-0.1, -0.05) is 0 Å². The van der Waals surface area contributed by atoms with E-state index in [0.717, 1.165) is 5.69 Å². The van der Waals surface area contributed by atoms with Gasteiger partial charge in [0.2, 0.25) is 5.91 Å². The van der Waals surface area contributed by atoms with Gasteiger partial charge in [-0.2, -0.15) is 0 Å². The van der Waals surface area contributed by atoms with Crippen molar-refractivity contribution in [2.24, 2.45) is 0 Å². The Bertz CT molecular complexity index is 733. The molecule has 1 aromatic carbocycles. The quantitative estimate of drug-likeness (QED) is 0.803. The summed E-state index contributed by atoms with van der Waals surface area (Å²) in [4.78, 5) is 27.4. The van der Waals surface area contributed by atoms with Gasteiger partial charge in [0.25, 0.3) is 5.91 Å². The Morgan fingerprint density at radius 1 is 0.917 bits per heavy atom. The van der Waals surface area contributed by atoms with E-state index in [2.05, 4.69) is 20.9 Å². The maximum absolute atomic E-state index is 12.3. The molecule has 0 unspecified atom stereocenters. The zero-order valence-electron chi connectivity index (χ0n) is 14.3. The predicted molar refractivity (Wildman–Crippen MR) is 96.3 cm³/mol. The van der Waals surface area contributed by atoms with Crippen LogP contribution in [0.5, 0.6) is 0 Å². The van der Waals surface area contributed by atoms with E-state index in [1.807, 2.05) is 26.8 Å². The first-order valence-electron chi connectivity index (χ1n) is 7.66. The van der Waals surface area contributed by atoms with Gasteiger partial charge in [-0.05, 0) is 57.2 Å². The van der Waals surface area contributed by atoms with Crippen molar-refractivity contribution in [1.82, 2.24) is 4.98 Å². The van der Waals surface area contributed by atoms with Gasteiger partial charge in [0.1, 0.15) is 5.69 Å². The lowest BCUT2D eigenvalue weighted by Crippen LogP contribution is -2.26. The molecule has 3 N–H and O–H groups in total. The minimum atomic E-state index is -0.292. The van der Waals surface area contributed by atoms with Crippen molar-refractivity contribution in [3.05, 3.63) is 48.3 Å². The van der Waals surface area contributed by atoms with Crippen LogP contribution in [0.1, 0.15) is 38.2 Å². The lowest BCUT2D eigenvalue weighted by Gasteiger charge is -2.22. The number of aromatic nitrogens is 1. The fourth-order valence-electron chi connectivity index (χ4n) is 2.10. The molecule has 0 saturated carbocycles. The largest absolute Gasteiger partial charge is 0.380 e. The van der Waals surface area contributed by atoms with E-state index in [1.54, 1.807) is 36.5 Å². The van der Waals surface area contributed by atoms with E-state index in [4.69, 9.17) is 0 Å². The minimum Gasteiger partial charge on any atom is -0.380 e. The molecule has 0 atom stereocenters. The number of carbonyl (C=O) groups is 2. The molecule has 0 aliphatic carbocycles. The highest BCUT2D eigenvalue weighted by atomic mass is 16.2. The number of nitrogens with zero attached hydrogens (tertiary/aromatic N) is 1. The molecular formula is C18H22N4O2.